The largest absolute Gasteiger partial charge is 0.487 e. The molecule has 0 unspecified atom stereocenters. The van der Waals surface area contributed by atoms with E-state index in [1.54, 1.807) is 13.2 Å². The molecule has 0 saturated carbocycles. The van der Waals surface area contributed by atoms with Crippen molar-refractivity contribution >= 4 is 17.3 Å². The van der Waals surface area contributed by atoms with Gasteiger partial charge < -0.3 is 4.74 Å². The lowest BCUT2D eigenvalue weighted by Gasteiger charge is -1.89. The van der Waals surface area contributed by atoms with Gasteiger partial charge in [0.05, 0.1) is 7.11 Å². The van der Waals surface area contributed by atoms with E-state index in [2.05, 4.69) is 17.0 Å². The van der Waals surface area contributed by atoms with Crippen molar-refractivity contribution in [1.82, 2.24) is 0 Å². The highest BCUT2D eigenvalue weighted by atomic mass is 32.1. The van der Waals surface area contributed by atoms with Gasteiger partial charge in [-0.2, -0.15) is 0 Å². The summed E-state index contributed by atoms with van der Waals surface area (Å²) < 4.78 is 4.64. The number of rotatable bonds is 1. The van der Waals surface area contributed by atoms with Crippen LogP contribution in [0.3, 0.4) is 0 Å². The quantitative estimate of drug-likeness (QED) is 0.379. The van der Waals surface area contributed by atoms with E-state index in [-0.39, 0.29) is 0 Å². The second kappa shape index (κ2) is 3.81. The van der Waals surface area contributed by atoms with E-state index in [0.717, 1.165) is 0 Å². The molecule has 0 aliphatic heterocycles. The van der Waals surface area contributed by atoms with Gasteiger partial charge in [-0.15, -0.1) is 0 Å². The number of allylic oxidation sites excluding steroid dienone is 1. The van der Waals surface area contributed by atoms with Crippen LogP contribution < -0.4 is 0 Å². The van der Waals surface area contributed by atoms with Gasteiger partial charge in [-0.25, -0.2) is 0 Å². The van der Waals surface area contributed by atoms with Crippen LogP contribution in [0.5, 0.6) is 0 Å². The highest BCUT2D eigenvalue weighted by molar-refractivity contribution is 7.80. The topological polar surface area (TPSA) is 9.23 Å². The fourth-order valence-corrected chi connectivity index (χ4v) is 0.340. The molecule has 0 fully saturated rings. The van der Waals surface area contributed by atoms with Crippen LogP contribution in [0, 0.1) is 0 Å². The second-order valence-electron chi connectivity index (χ2n) is 1.02. The van der Waals surface area contributed by atoms with Crippen LogP contribution in [0.1, 0.15) is 6.92 Å². The monoisotopic (exact) mass is 116 g/mol. The smallest absolute Gasteiger partial charge is 0.183 e. The summed E-state index contributed by atoms with van der Waals surface area (Å²) in [6.07, 6.45) is 3.57. The highest BCUT2D eigenvalue weighted by Crippen LogP contribution is 1.79. The second-order valence-corrected chi connectivity index (χ2v) is 1.43. The maximum absolute atomic E-state index is 4.65. The lowest BCUT2D eigenvalue weighted by atomic mass is 10.6. The lowest BCUT2D eigenvalue weighted by Crippen LogP contribution is -1.88. The Kier molecular flexibility index (Phi) is 3.61. The molecule has 0 saturated heterocycles. The normalized spacial score (nSPS) is 9.43. The molecule has 1 nitrogen and oxygen atoms in total. The van der Waals surface area contributed by atoms with Gasteiger partial charge in [0.15, 0.2) is 5.05 Å². The van der Waals surface area contributed by atoms with Crippen LogP contribution in [-0.4, -0.2) is 12.2 Å². The number of methoxy groups -OCH3 is 1. The van der Waals surface area contributed by atoms with Crippen molar-refractivity contribution < 1.29 is 4.74 Å². The van der Waals surface area contributed by atoms with Crippen LogP contribution >= 0.6 is 12.2 Å². The van der Waals surface area contributed by atoms with Gasteiger partial charge in [-0.05, 0) is 25.2 Å². The van der Waals surface area contributed by atoms with Gasteiger partial charge in [-0.3, -0.25) is 0 Å². The molecule has 0 atom stereocenters. The van der Waals surface area contributed by atoms with Crippen LogP contribution in [0.2, 0.25) is 0 Å². The molecule has 0 aromatic rings. The molecule has 2 heteroatoms. The van der Waals surface area contributed by atoms with Gasteiger partial charge in [0, 0.05) is 0 Å². The molecule has 0 heterocycles. The van der Waals surface area contributed by atoms with Gasteiger partial charge >= 0.3 is 0 Å². The summed E-state index contributed by atoms with van der Waals surface area (Å²) in [6.45, 7) is 1.89. The number of hydrogen-bond acceptors (Lipinski definition) is 2. The number of hydrogen-bond donors (Lipinski definition) is 0. The van der Waals surface area contributed by atoms with E-state index in [1.165, 1.54) is 0 Å². The zero-order valence-electron chi connectivity index (χ0n) is 4.47. The zero-order chi connectivity index (χ0) is 5.70. The van der Waals surface area contributed by atoms with Crippen molar-refractivity contribution in [3.8, 4) is 0 Å². The van der Waals surface area contributed by atoms with Gasteiger partial charge in [0.25, 0.3) is 0 Å². The van der Waals surface area contributed by atoms with Crippen LogP contribution in [0.25, 0.3) is 0 Å². The minimum absolute atomic E-state index is 0.530. The van der Waals surface area contributed by atoms with Crippen molar-refractivity contribution in [2.75, 3.05) is 7.11 Å². The minimum atomic E-state index is 0.530. The molecule has 0 bridgehead atoms. The first-order chi connectivity index (χ1) is 3.31. The van der Waals surface area contributed by atoms with Gasteiger partial charge in [0.1, 0.15) is 0 Å². The summed E-state index contributed by atoms with van der Waals surface area (Å²) >= 11 is 4.65. The van der Waals surface area contributed by atoms with Gasteiger partial charge in [-0.1, -0.05) is 6.08 Å². The summed E-state index contributed by atoms with van der Waals surface area (Å²) in [5.41, 5.74) is 0. The highest BCUT2D eigenvalue weighted by Gasteiger charge is 1.77. The van der Waals surface area contributed by atoms with E-state index < -0.39 is 0 Å². The predicted molar refractivity (Wildman–Crippen MR) is 34.4 cm³/mol. The van der Waals surface area contributed by atoms with E-state index in [4.69, 9.17) is 0 Å². The van der Waals surface area contributed by atoms with Crippen molar-refractivity contribution in [2.45, 2.75) is 6.92 Å². The molecule has 0 aliphatic carbocycles. The third-order valence-corrected chi connectivity index (χ3v) is 0.807. The molecule has 0 aliphatic rings. The Bertz CT molecular complexity index is 86.1. The van der Waals surface area contributed by atoms with Crippen LogP contribution in [0.4, 0.5) is 0 Å². The molecule has 0 radical (unpaired) electrons. The summed E-state index contributed by atoms with van der Waals surface area (Å²) in [6, 6.07) is 0. The summed E-state index contributed by atoms with van der Waals surface area (Å²) in [5, 5.41) is 0.530. The molecule has 7 heavy (non-hydrogen) atoms. The summed E-state index contributed by atoms with van der Waals surface area (Å²) in [5.74, 6) is 0. The SMILES string of the molecule is CC=CC(=S)OC. The number of thiocarbonyl (C=S) groups is 1. The fourth-order valence-electron chi connectivity index (χ4n) is 0.204. The standard InChI is InChI=1S/C5H8OS/c1-3-4-5(7)6-2/h3-4H,1-2H3. The minimum Gasteiger partial charge on any atom is -0.487 e. The first kappa shape index (κ1) is 6.63. The van der Waals surface area contributed by atoms with Crippen LogP contribution in [0.15, 0.2) is 12.2 Å². The van der Waals surface area contributed by atoms with E-state index in [1.807, 2.05) is 13.0 Å². The first-order valence-electron chi connectivity index (χ1n) is 2.02. The Morgan fingerprint density at radius 3 is 2.43 bits per heavy atom. The van der Waals surface area contributed by atoms with Crippen LogP contribution in [-0.2, 0) is 4.74 Å². The maximum Gasteiger partial charge on any atom is 0.183 e. The number of ether oxygens (including phenoxy) is 1. The predicted octanol–water partition coefficient (Wildman–Crippen LogP) is 1.54. The third kappa shape index (κ3) is 3.46. The van der Waals surface area contributed by atoms with Gasteiger partial charge in [0.2, 0.25) is 0 Å². The molecule has 0 N–H and O–H groups in total. The third-order valence-electron chi connectivity index (χ3n) is 0.504. The summed E-state index contributed by atoms with van der Waals surface area (Å²) in [4.78, 5) is 0. The summed E-state index contributed by atoms with van der Waals surface area (Å²) in [7, 11) is 1.56. The first-order valence-corrected chi connectivity index (χ1v) is 2.42. The molecule has 0 rings (SSSR count). The van der Waals surface area contributed by atoms with E-state index in [0.29, 0.717) is 5.05 Å². The Balaban J connectivity index is 3.37. The van der Waals surface area contributed by atoms with E-state index in [9.17, 15) is 0 Å². The average Bonchev–Trinajstić information content (AvgIpc) is 1.68. The maximum atomic E-state index is 4.65. The Labute approximate surface area is 49.0 Å². The van der Waals surface area contributed by atoms with E-state index >= 15 is 0 Å². The fraction of sp³-hybridized carbons (Fsp3) is 0.400. The molecule has 40 valence electrons. The average molecular weight is 116 g/mol. The molecular weight excluding hydrogens is 108 g/mol. The lowest BCUT2D eigenvalue weighted by molar-refractivity contribution is 0.418. The molecular formula is C5H8OS. The Morgan fingerprint density at radius 1 is 1.71 bits per heavy atom. The molecule has 0 amide bonds. The molecule has 0 aromatic heterocycles. The Morgan fingerprint density at radius 2 is 2.29 bits per heavy atom. The van der Waals surface area contributed by atoms with Crippen molar-refractivity contribution in [1.29, 1.82) is 0 Å². The molecule has 0 aromatic carbocycles. The molecule has 0 spiro atoms. The Hall–Kier alpha value is -0.370. The van der Waals surface area contributed by atoms with Crippen molar-refractivity contribution in [2.24, 2.45) is 0 Å². The van der Waals surface area contributed by atoms with Crippen molar-refractivity contribution in [3.63, 3.8) is 0 Å². The zero-order valence-corrected chi connectivity index (χ0v) is 5.29. The van der Waals surface area contributed by atoms with Crippen molar-refractivity contribution in [3.05, 3.63) is 12.2 Å².